The Morgan fingerprint density at radius 3 is 2.23 bits per heavy atom. The molecule has 5 rings (SSSR count). The summed E-state index contributed by atoms with van der Waals surface area (Å²) in [5.74, 6) is -6.33. The van der Waals surface area contributed by atoms with E-state index in [0.717, 1.165) is 16.8 Å². The molecule has 1 aliphatic carbocycles. The molecule has 2 heterocycles. The second kappa shape index (κ2) is 10.2. The van der Waals surface area contributed by atoms with Crippen molar-refractivity contribution in [1.82, 2.24) is 14.1 Å². The average molecular weight is 568 g/mol. The maximum atomic E-state index is 13.8. The van der Waals surface area contributed by atoms with Crippen LogP contribution in [0.25, 0.3) is 5.69 Å². The van der Waals surface area contributed by atoms with E-state index >= 15 is 0 Å². The number of nitrogens with two attached hydrogens (primary N) is 1. The fourth-order valence-corrected chi connectivity index (χ4v) is 5.91. The summed E-state index contributed by atoms with van der Waals surface area (Å²) < 4.78 is 88.1. The van der Waals surface area contributed by atoms with Crippen molar-refractivity contribution in [2.24, 2.45) is 5.92 Å². The van der Waals surface area contributed by atoms with Gasteiger partial charge in [-0.3, -0.25) is 4.79 Å². The van der Waals surface area contributed by atoms with Crippen molar-refractivity contribution >= 4 is 21.4 Å². The van der Waals surface area contributed by atoms with Gasteiger partial charge in [-0.2, -0.15) is 14.1 Å². The Balaban J connectivity index is 1.38. The number of hydrogen-bond donors (Lipinski definition) is 1. The highest BCUT2D eigenvalue weighted by molar-refractivity contribution is 7.88. The van der Waals surface area contributed by atoms with Gasteiger partial charge in [0, 0.05) is 44.4 Å². The Morgan fingerprint density at radius 1 is 1.03 bits per heavy atom. The number of ether oxygens (including phenoxy) is 1. The number of anilines is 2. The second-order valence-corrected chi connectivity index (χ2v) is 11.5. The van der Waals surface area contributed by atoms with E-state index in [1.54, 1.807) is 29.2 Å². The molecule has 14 heteroatoms. The van der Waals surface area contributed by atoms with Crippen molar-refractivity contribution in [3.63, 3.8) is 0 Å². The number of nitrogens with zero attached hydrogens (tertiary/aromatic N) is 4. The normalized spacial score (nSPS) is 19.2. The minimum Gasteiger partial charge on any atom is -0.486 e. The molecule has 0 amide bonds. The lowest BCUT2D eigenvalue weighted by molar-refractivity contribution is 0.0853. The smallest absolute Gasteiger partial charge is 0.316 e. The van der Waals surface area contributed by atoms with Crippen LogP contribution in [0.1, 0.15) is 12.0 Å². The summed E-state index contributed by atoms with van der Waals surface area (Å²) in [5.41, 5.74) is 5.85. The van der Waals surface area contributed by atoms with E-state index in [1.807, 2.05) is 0 Å². The van der Waals surface area contributed by atoms with Gasteiger partial charge in [0.1, 0.15) is 17.3 Å². The minimum atomic E-state index is -3.65. The van der Waals surface area contributed by atoms with Crippen LogP contribution in [0.5, 0.6) is 5.75 Å². The molecular formula is C25H25F4N5O4S. The Hall–Kier alpha value is -3.65. The monoisotopic (exact) mass is 567 g/mol. The topological polar surface area (TPSA) is 111 Å². The zero-order chi connectivity index (χ0) is 27.9. The standard InChI is InChI=1S/C25H25F4N5O4S/c26-18-9-19(27)11-21(10-18)34-24(35)23(38-14-17-12-25(17,28)29)22(13-31-34)32-5-7-33(8-6-32)39(36,37)15-16-1-3-20(30)4-2-16/h1-4,9-11,13,17H,5-8,12,14-15,30H2. The van der Waals surface area contributed by atoms with Gasteiger partial charge < -0.3 is 15.4 Å². The van der Waals surface area contributed by atoms with E-state index in [0.29, 0.717) is 17.3 Å². The predicted molar refractivity (Wildman–Crippen MR) is 136 cm³/mol. The average Bonchev–Trinajstić information content (AvgIpc) is 3.49. The zero-order valence-electron chi connectivity index (χ0n) is 20.6. The molecule has 0 radical (unpaired) electrons. The van der Waals surface area contributed by atoms with Crippen molar-refractivity contribution in [2.45, 2.75) is 18.1 Å². The molecule has 3 aromatic rings. The van der Waals surface area contributed by atoms with E-state index in [-0.39, 0.29) is 55.5 Å². The van der Waals surface area contributed by atoms with Gasteiger partial charge in [0.2, 0.25) is 15.8 Å². The van der Waals surface area contributed by atoms with E-state index in [2.05, 4.69) is 5.10 Å². The number of halogens is 4. The van der Waals surface area contributed by atoms with Crippen molar-refractivity contribution < 1.29 is 30.7 Å². The molecule has 1 saturated heterocycles. The van der Waals surface area contributed by atoms with Crippen LogP contribution >= 0.6 is 0 Å². The van der Waals surface area contributed by atoms with Crippen molar-refractivity contribution in [3.05, 3.63) is 76.2 Å². The molecule has 1 atom stereocenters. The Morgan fingerprint density at radius 2 is 1.64 bits per heavy atom. The SMILES string of the molecule is Nc1ccc(CS(=O)(=O)N2CCN(c3cnn(-c4cc(F)cc(F)c4)c(=O)c3OCC3CC3(F)F)CC2)cc1. The number of alkyl halides is 2. The molecule has 1 saturated carbocycles. The number of hydrogen-bond acceptors (Lipinski definition) is 7. The van der Waals surface area contributed by atoms with Crippen LogP contribution in [-0.4, -0.2) is 61.2 Å². The lowest BCUT2D eigenvalue weighted by atomic mass is 10.2. The highest BCUT2D eigenvalue weighted by Gasteiger charge is 2.57. The molecular weight excluding hydrogens is 542 g/mol. The van der Waals surface area contributed by atoms with Gasteiger partial charge in [0.05, 0.1) is 30.2 Å². The van der Waals surface area contributed by atoms with Crippen LogP contribution < -0.4 is 20.9 Å². The van der Waals surface area contributed by atoms with Gasteiger partial charge in [-0.25, -0.2) is 26.0 Å². The fraction of sp³-hybridized carbons (Fsp3) is 0.360. The predicted octanol–water partition coefficient (Wildman–Crippen LogP) is 2.78. The first-order valence-corrected chi connectivity index (χ1v) is 13.7. The van der Waals surface area contributed by atoms with E-state index < -0.39 is 45.7 Å². The summed E-state index contributed by atoms with van der Waals surface area (Å²) in [7, 11) is -3.65. The van der Waals surface area contributed by atoms with Gasteiger partial charge in [-0.1, -0.05) is 12.1 Å². The third-order valence-electron chi connectivity index (χ3n) is 6.69. The van der Waals surface area contributed by atoms with Crippen LogP contribution in [0.2, 0.25) is 0 Å². The van der Waals surface area contributed by atoms with Crippen molar-refractivity contribution in [1.29, 1.82) is 0 Å². The largest absolute Gasteiger partial charge is 0.486 e. The first-order valence-electron chi connectivity index (χ1n) is 12.1. The minimum absolute atomic E-state index is 0.0929. The first kappa shape index (κ1) is 26.9. The van der Waals surface area contributed by atoms with E-state index in [1.165, 1.54) is 10.5 Å². The van der Waals surface area contributed by atoms with Crippen LogP contribution in [-0.2, 0) is 15.8 Å². The quantitative estimate of drug-likeness (QED) is 0.329. The number of aromatic nitrogens is 2. The summed E-state index contributed by atoms with van der Waals surface area (Å²) >= 11 is 0. The van der Waals surface area contributed by atoms with Crippen molar-refractivity contribution in [3.8, 4) is 11.4 Å². The fourth-order valence-electron chi connectivity index (χ4n) is 4.39. The maximum Gasteiger partial charge on any atom is 0.316 e. The molecule has 0 spiro atoms. The molecule has 2 aliphatic rings. The van der Waals surface area contributed by atoms with Gasteiger partial charge in [-0.15, -0.1) is 0 Å². The summed E-state index contributed by atoms with van der Waals surface area (Å²) in [6.07, 6.45) is 0.865. The summed E-state index contributed by atoms with van der Waals surface area (Å²) in [6.45, 7) is 0.0747. The molecule has 2 fully saturated rings. The molecule has 9 nitrogen and oxygen atoms in total. The van der Waals surface area contributed by atoms with Crippen LogP contribution in [0.15, 0.2) is 53.5 Å². The van der Waals surface area contributed by atoms with Crippen LogP contribution in [0.4, 0.5) is 28.9 Å². The van der Waals surface area contributed by atoms with E-state index in [4.69, 9.17) is 10.5 Å². The molecule has 1 unspecified atom stereocenters. The molecule has 0 bridgehead atoms. The number of benzene rings is 2. The highest BCUT2D eigenvalue weighted by Crippen LogP contribution is 2.48. The van der Waals surface area contributed by atoms with Crippen LogP contribution in [0.3, 0.4) is 0 Å². The van der Waals surface area contributed by atoms with Crippen LogP contribution in [0, 0.1) is 17.6 Å². The maximum absolute atomic E-state index is 13.8. The highest BCUT2D eigenvalue weighted by atomic mass is 32.2. The Bertz CT molecular complexity index is 1520. The zero-order valence-corrected chi connectivity index (χ0v) is 21.4. The molecule has 2 N–H and O–H groups in total. The van der Waals surface area contributed by atoms with Gasteiger partial charge in [0.25, 0.3) is 5.92 Å². The number of sulfonamides is 1. The van der Waals surface area contributed by atoms with Crippen molar-refractivity contribution in [2.75, 3.05) is 43.4 Å². The third kappa shape index (κ3) is 5.86. The molecule has 1 aromatic heterocycles. The Labute approximate surface area is 221 Å². The second-order valence-electron chi connectivity index (χ2n) is 9.56. The lowest BCUT2D eigenvalue weighted by Gasteiger charge is -2.35. The van der Waals surface area contributed by atoms with Gasteiger partial charge in [0.15, 0.2) is 0 Å². The number of piperazine rings is 1. The van der Waals surface area contributed by atoms with E-state index in [9.17, 15) is 30.8 Å². The van der Waals surface area contributed by atoms with Gasteiger partial charge in [-0.05, 0) is 29.8 Å². The number of rotatable bonds is 8. The molecule has 208 valence electrons. The third-order valence-corrected chi connectivity index (χ3v) is 8.54. The lowest BCUT2D eigenvalue weighted by Crippen LogP contribution is -2.49. The first-order chi connectivity index (χ1) is 18.4. The molecule has 39 heavy (non-hydrogen) atoms. The summed E-state index contributed by atoms with van der Waals surface area (Å²) in [6, 6.07) is 8.96. The number of nitrogen functional groups attached to an aromatic ring is 1. The van der Waals surface area contributed by atoms with Gasteiger partial charge >= 0.3 is 5.56 Å². The molecule has 1 aliphatic heterocycles. The Kier molecular flexibility index (Phi) is 7.01. The summed E-state index contributed by atoms with van der Waals surface area (Å²) in [4.78, 5) is 15.0. The molecule has 2 aromatic carbocycles. The summed E-state index contributed by atoms with van der Waals surface area (Å²) in [5, 5.41) is 4.03.